The molecule has 2 N–H and O–H groups in total. The number of carbonyl (C=O) groups is 3. The molecule has 1 aromatic carbocycles. The van der Waals surface area contributed by atoms with Gasteiger partial charge in [0.25, 0.3) is 0 Å². The zero-order valence-corrected chi connectivity index (χ0v) is 16.5. The Morgan fingerprint density at radius 2 is 1.90 bits per heavy atom. The number of nitrogens with zero attached hydrogens (tertiary/aromatic N) is 1. The average molecular weight is 397 g/mol. The highest BCUT2D eigenvalue weighted by Crippen LogP contribution is 2.45. The van der Waals surface area contributed by atoms with Crippen LogP contribution in [0, 0.1) is 11.8 Å². The third kappa shape index (κ3) is 2.97. The van der Waals surface area contributed by atoms with E-state index in [0.717, 1.165) is 5.56 Å². The molecule has 1 aromatic heterocycles. The number of imide groups is 1. The molecule has 2 aromatic rings. The van der Waals surface area contributed by atoms with E-state index in [9.17, 15) is 14.4 Å². The van der Waals surface area contributed by atoms with Gasteiger partial charge in [0.15, 0.2) is 11.8 Å². The summed E-state index contributed by atoms with van der Waals surface area (Å²) in [4.78, 5) is 41.0. The molecule has 2 saturated heterocycles. The third-order valence-corrected chi connectivity index (χ3v) is 6.04. The van der Waals surface area contributed by atoms with Crippen molar-refractivity contribution < 1.29 is 28.9 Å². The Morgan fingerprint density at radius 3 is 2.52 bits per heavy atom. The standard InChI is InChI=1S/C22H24N2O5/c1-3-24-19(25)16-17(20(24)26)22(21(27)28-4-2,13-14-9-6-5-7-10-14)23-18(16)15-11-8-12-29-15/h5-12,16-18,23H,3-4,13H2,1-2H3/p+1/t16-,17+,18-,22-/m1/s1. The predicted molar refractivity (Wildman–Crippen MR) is 102 cm³/mol. The van der Waals surface area contributed by atoms with E-state index in [4.69, 9.17) is 9.15 Å². The zero-order valence-electron chi connectivity index (χ0n) is 16.5. The number of amides is 2. The number of carbonyl (C=O) groups excluding carboxylic acids is 3. The fraction of sp³-hybridized carbons (Fsp3) is 0.409. The van der Waals surface area contributed by atoms with Gasteiger partial charge >= 0.3 is 5.97 Å². The Hall–Kier alpha value is -2.93. The zero-order chi connectivity index (χ0) is 20.6. The summed E-state index contributed by atoms with van der Waals surface area (Å²) in [5.74, 6) is -1.91. The second kappa shape index (κ2) is 7.48. The van der Waals surface area contributed by atoms with Crippen molar-refractivity contribution in [3.63, 3.8) is 0 Å². The van der Waals surface area contributed by atoms with Gasteiger partial charge in [0.1, 0.15) is 11.8 Å². The van der Waals surface area contributed by atoms with Crippen LogP contribution in [0.15, 0.2) is 53.1 Å². The van der Waals surface area contributed by atoms with Crippen molar-refractivity contribution in [2.75, 3.05) is 13.2 Å². The minimum atomic E-state index is -1.23. The summed E-state index contributed by atoms with van der Waals surface area (Å²) in [6.45, 7) is 3.99. The number of rotatable bonds is 6. The van der Waals surface area contributed by atoms with Gasteiger partial charge in [0.05, 0.1) is 12.9 Å². The van der Waals surface area contributed by atoms with Gasteiger partial charge in [0.2, 0.25) is 17.4 Å². The number of nitrogens with two attached hydrogens (primary N) is 1. The number of likely N-dealkylation sites (tertiary alicyclic amines) is 1. The Balaban J connectivity index is 1.85. The van der Waals surface area contributed by atoms with Crippen LogP contribution in [-0.4, -0.2) is 41.4 Å². The first-order chi connectivity index (χ1) is 14.0. The molecule has 4 rings (SSSR count). The molecule has 0 bridgehead atoms. The van der Waals surface area contributed by atoms with Crippen molar-refractivity contribution in [2.45, 2.75) is 31.8 Å². The second-order valence-corrected chi connectivity index (χ2v) is 7.56. The number of hydrogen-bond donors (Lipinski definition) is 1. The first kappa shape index (κ1) is 19.4. The minimum Gasteiger partial charge on any atom is -0.463 e. The number of esters is 1. The Bertz CT molecular complexity index is 911. The number of quaternary nitrogens is 1. The van der Waals surface area contributed by atoms with Crippen molar-refractivity contribution in [3.05, 3.63) is 60.1 Å². The normalized spacial score (nSPS) is 28.6. The molecule has 29 heavy (non-hydrogen) atoms. The van der Waals surface area contributed by atoms with Crippen LogP contribution in [0.25, 0.3) is 0 Å². The van der Waals surface area contributed by atoms with Gasteiger partial charge in [-0.05, 0) is 31.5 Å². The van der Waals surface area contributed by atoms with Crippen molar-refractivity contribution in [1.82, 2.24) is 4.90 Å². The smallest absolute Gasteiger partial charge is 0.369 e. The number of ether oxygens (including phenoxy) is 1. The molecule has 0 radical (unpaired) electrons. The summed E-state index contributed by atoms with van der Waals surface area (Å²) in [6.07, 6.45) is 1.83. The van der Waals surface area contributed by atoms with Gasteiger partial charge in [-0.1, -0.05) is 30.3 Å². The summed E-state index contributed by atoms with van der Waals surface area (Å²) >= 11 is 0. The first-order valence-corrected chi connectivity index (χ1v) is 9.99. The van der Waals surface area contributed by atoms with Crippen molar-refractivity contribution >= 4 is 17.8 Å². The molecule has 4 atom stereocenters. The van der Waals surface area contributed by atoms with Gasteiger partial charge < -0.3 is 14.5 Å². The molecule has 2 amide bonds. The molecular weight excluding hydrogens is 372 g/mol. The van der Waals surface area contributed by atoms with Crippen LogP contribution in [0.5, 0.6) is 0 Å². The average Bonchev–Trinajstić information content (AvgIpc) is 3.41. The topological polar surface area (TPSA) is 93.4 Å². The highest BCUT2D eigenvalue weighted by Gasteiger charge is 2.72. The highest BCUT2D eigenvalue weighted by atomic mass is 16.5. The van der Waals surface area contributed by atoms with E-state index in [0.29, 0.717) is 12.2 Å². The quantitative estimate of drug-likeness (QED) is 0.581. The summed E-state index contributed by atoms with van der Waals surface area (Å²) in [6, 6.07) is 12.6. The lowest BCUT2D eigenvalue weighted by atomic mass is 9.76. The van der Waals surface area contributed by atoms with Gasteiger partial charge in [-0.2, -0.15) is 0 Å². The maximum Gasteiger partial charge on any atom is 0.369 e. The van der Waals surface area contributed by atoms with Gasteiger partial charge in [-0.25, -0.2) is 4.79 Å². The molecular formula is C22H25N2O5+. The van der Waals surface area contributed by atoms with Crippen LogP contribution < -0.4 is 5.32 Å². The van der Waals surface area contributed by atoms with E-state index >= 15 is 0 Å². The first-order valence-electron chi connectivity index (χ1n) is 9.99. The maximum absolute atomic E-state index is 13.3. The van der Waals surface area contributed by atoms with Gasteiger partial charge in [-0.3, -0.25) is 14.5 Å². The Kier molecular flexibility index (Phi) is 5.00. The number of furan rings is 1. The van der Waals surface area contributed by atoms with Gasteiger partial charge in [0, 0.05) is 13.0 Å². The lowest BCUT2D eigenvalue weighted by molar-refractivity contribution is -0.735. The monoisotopic (exact) mass is 397 g/mol. The SMILES string of the molecule is CCOC(=O)[C@]1(Cc2ccccc2)[NH2+][C@H](c2ccco2)[C@@H]2C(=O)N(CC)C(=O)[C@H]21. The minimum absolute atomic E-state index is 0.200. The number of benzene rings is 1. The van der Waals surface area contributed by atoms with Crippen LogP contribution in [0.1, 0.15) is 31.2 Å². The molecule has 0 aliphatic carbocycles. The molecule has 7 heteroatoms. The van der Waals surface area contributed by atoms with E-state index in [1.54, 1.807) is 32.2 Å². The fourth-order valence-electron chi connectivity index (χ4n) is 4.87. The van der Waals surface area contributed by atoms with E-state index < -0.39 is 29.4 Å². The second-order valence-electron chi connectivity index (χ2n) is 7.56. The molecule has 152 valence electrons. The molecule has 0 unspecified atom stereocenters. The molecule has 7 nitrogen and oxygen atoms in total. The Labute approximate surface area is 169 Å². The maximum atomic E-state index is 13.3. The summed E-state index contributed by atoms with van der Waals surface area (Å²) in [5.41, 5.74) is -0.318. The number of fused-ring (bicyclic) bond motifs is 1. The van der Waals surface area contributed by atoms with E-state index in [2.05, 4.69) is 0 Å². The van der Waals surface area contributed by atoms with Crippen LogP contribution in [-0.2, 0) is 25.5 Å². The predicted octanol–water partition coefficient (Wildman–Crippen LogP) is 1.06. The molecule has 2 aliphatic rings. The summed E-state index contributed by atoms with van der Waals surface area (Å²) in [5, 5.41) is 1.83. The Morgan fingerprint density at radius 1 is 1.14 bits per heavy atom. The van der Waals surface area contributed by atoms with Gasteiger partial charge in [-0.15, -0.1) is 0 Å². The number of hydrogen-bond acceptors (Lipinski definition) is 5. The summed E-state index contributed by atoms with van der Waals surface area (Å²) < 4.78 is 11.0. The lowest BCUT2D eigenvalue weighted by Gasteiger charge is -2.29. The molecule has 3 heterocycles. The van der Waals surface area contributed by atoms with E-state index in [1.165, 1.54) is 4.90 Å². The largest absolute Gasteiger partial charge is 0.463 e. The van der Waals surface area contributed by atoms with Crippen LogP contribution in [0.3, 0.4) is 0 Å². The molecule has 2 aliphatic heterocycles. The molecule has 2 fully saturated rings. The van der Waals surface area contributed by atoms with Crippen molar-refractivity contribution in [1.29, 1.82) is 0 Å². The van der Waals surface area contributed by atoms with Crippen molar-refractivity contribution in [3.8, 4) is 0 Å². The molecule has 0 saturated carbocycles. The molecule has 0 spiro atoms. The van der Waals surface area contributed by atoms with E-state index in [1.807, 2.05) is 35.6 Å². The van der Waals surface area contributed by atoms with Crippen LogP contribution >= 0.6 is 0 Å². The fourth-order valence-corrected chi connectivity index (χ4v) is 4.87. The van der Waals surface area contributed by atoms with Crippen LogP contribution in [0.4, 0.5) is 0 Å². The van der Waals surface area contributed by atoms with E-state index in [-0.39, 0.29) is 25.0 Å². The summed E-state index contributed by atoms with van der Waals surface area (Å²) in [7, 11) is 0. The third-order valence-electron chi connectivity index (χ3n) is 6.04. The lowest BCUT2D eigenvalue weighted by Crippen LogP contribution is -2.98. The highest BCUT2D eigenvalue weighted by molar-refractivity contribution is 6.08. The van der Waals surface area contributed by atoms with Crippen molar-refractivity contribution in [2.24, 2.45) is 11.8 Å². The van der Waals surface area contributed by atoms with Crippen LogP contribution in [0.2, 0.25) is 0 Å².